The summed E-state index contributed by atoms with van der Waals surface area (Å²) >= 11 is 0. The van der Waals surface area contributed by atoms with Gasteiger partial charge in [0.05, 0.1) is 11.0 Å². The first kappa shape index (κ1) is 16.4. The average molecular weight is 280 g/mol. The quantitative estimate of drug-likeness (QED) is 0.677. The summed E-state index contributed by atoms with van der Waals surface area (Å²) in [7, 11) is 1.86. The van der Waals surface area contributed by atoms with Gasteiger partial charge in [-0.05, 0) is 30.9 Å². The topological polar surface area (TPSA) is 66.6 Å². The Morgan fingerprint density at radius 3 is 2.25 bits per heavy atom. The molecule has 0 saturated carbocycles. The van der Waals surface area contributed by atoms with Crippen LogP contribution in [-0.2, 0) is 0 Å². The molecule has 0 aliphatic carbocycles. The Kier molecular flexibility index (Phi) is 4.76. The number of nitrogens with zero attached hydrogens (tertiary/aromatic N) is 2. The predicted octanol–water partition coefficient (Wildman–Crippen LogP) is 3.52. The van der Waals surface area contributed by atoms with Crippen molar-refractivity contribution in [1.82, 2.24) is 0 Å². The minimum Gasteiger partial charge on any atom is -0.389 e. The monoisotopic (exact) mass is 280 g/mol. The Morgan fingerprint density at radius 1 is 1.30 bits per heavy atom. The van der Waals surface area contributed by atoms with E-state index in [4.69, 9.17) is 0 Å². The van der Waals surface area contributed by atoms with Crippen molar-refractivity contribution in [3.63, 3.8) is 0 Å². The highest BCUT2D eigenvalue weighted by Crippen LogP contribution is 2.35. The maximum atomic E-state index is 11.3. The Bertz CT molecular complexity index is 492. The Morgan fingerprint density at radius 2 is 1.85 bits per heavy atom. The van der Waals surface area contributed by atoms with Gasteiger partial charge in [-0.2, -0.15) is 0 Å². The summed E-state index contributed by atoms with van der Waals surface area (Å²) in [4.78, 5) is 12.8. The van der Waals surface area contributed by atoms with Gasteiger partial charge >= 0.3 is 0 Å². The summed E-state index contributed by atoms with van der Waals surface area (Å²) in [5.41, 5.74) is 1.16. The van der Waals surface area contributed by atoms with Gasteiger partial charge in [-0.3, -0.25) is 10.1 Å². The van der Waals surface area contributed by atoms with Crippen LogP contribution in [0.2, 0.25) is 0 Å². The van der Waals surface area contributed by atoms with Crippen LogP contribution in [-0.4, -0.2) is 23.1 Å². The van der Waals surface area contributed by atoms with E-state index in [1.165, 1.54) is 6.07 Å². The molecule has 0 heterocycles. The molecule has 2 atom stereocenters. The van der Waals surface area contributed by atoms with E-state index in [1.54, 1.807) is 19.1 Å². The second kappa shape index (κ2) is 5.79. The van der Waals surface area contributed by atoms with E-state index in [9.17, 15) is 15.2 Å². The highest BCUT2D eigenvalue weighted by molar-refractivity contribution is 5.64. The fourth-order valence-corrected chi connectivity index (χ4v) is 2.03. The summed E-state index contributed by atoms with van der Waals surface area (Å²) in [6.45, 7) is 9.95. The second-order valence-corrected chi connectivity index (χ2v) is 6.33. The van der Waals surface area contributed by atoms with Gasteiger partial charge in [0.1, 0.15) is 5.69 Å². The van der Waals surface area contributed by atoms with Crippen molar-refractivity contribution in [2.45, 2.75) is 46.8 Å². The standard InChI is InChI=1S/C15H24N2O3/c1-10(18)12-7-8-13(14(9-12)17(19)20)16(6)11(2)15(3,4)5/h7-11,18H,1-6H3/t10-,11?/m0/s1. The minimum atomic E-state index is -0.715. The molecule has 20 heavy (non-hydrogen) atoms. The third kappa shape index (κ3) is 3.48. The third-order valence-electron chi connectivity index (χ3n) is 3.89. The van der Waals surface area contributed by atoms with Crippen LogP contribution in [0.4, 0.5) is 11.4 Å². The maximum absolute atomic E-state index is 11.3. The molecular weight excluding hydrogens is 256 g/mol. The van der Waals surface area contributed by atoms with Gasteiger partial charge in [-0.15, -0.1) is 0 Å². The van der Waals surface area contributed by atoms with E-state index in [2.05, 4.69) is 20.8 Å². The molecule has 0 aliphatic rings. The number of hydrogen-bond donors (Lipinski definition) is 1. The SMILES string of the molecule is CC(N(C)c1ccc([C@H](C)O)cc1[N+](=O)[O-])C(C)(C)C. The van der Waals surface area contributed by atoms with Gasteiger partial charge in [0.2, 0.25) is 0 Å². The van der Waals surface area contributed by atoms with Crippen LogP contribution in [0.1, 0.15) is 46.3 Å². The lowest BCUT2D eigenvalue weighted by Gasteiger charge is -2.36. The number of aliphatic hydroxyl groups excluding tert-OH is 1. The van der Waals surface area contributed by atoms with Crippen LogP contribution in [0, 0.1) is 15.5 Å². The van der Waals surface area contributed by atoms with Crippen molar-refractivity contribution >= 4 is 11.4 Å². The number of aliphatic hydroxyl groups is 1. The molecule has 0 amide bonds. The van der Waals surface area contributed by atoms with Gasteiger partial charge in [0.25, 0.3) is 5.69 Å². The highest BCUT2D eigenvalue weighted by Gasteiger charge is 2.28. The zero-order valence-corrected chi connectivity index (χ0v) is 13.0. The summed E-state index contributed by atoms with van der Waals surface area (Å²) in [6, 6.07) is 5.03. The van der Waals surface area contributed by atoms with Crippen LogP contribution in [0.25, 0.3) is 0 Å². The first-order valence-electron chi connectivity index (χ1n) is 6.75. The van der Waals surface area contributed by atoms with E-state index in [-0.39, 0.29) is 17.1 Å². The number of anilines is 1. The number of hydrogen-bond acceptors (Lipinski definition) is 4. The molecule has 0 aromatic heterocycles. The lowest BCUT2D eigenvalue weighted by Crippen LogP contribution is -2.39. The molecule has 0 spiro atoms. The first-order valence-corrected chi connectivity index (χ1v) is 6.75. The Hall–Kier alpha value is -1.62. The van der Waals surface area contributed by atoms with E-state index >= 15 is 0 Å². The van der Waals surface area contributed by atoms with Crippen molar-refractivity contribution < 1.29 is 10.0 Å². The molecule has 0 saturated heterocycles. The van der Waals surface area contributed by atoms with Crippen molar-refractivity contribution in [1.29, 1.82) is 0 Å². The highest BCUT2D eigenvalue weighted by atomic mass is 16.6. The summed E-state index contributed by atoms with van der Waals surface area (Å²) in [5.74, 6) is 0. The van der Waals surface area contributed by atoms with Crippen LogP contribution in [0.3, 0.4) is 0 Å². The lowest BCUT2D eigenvalue weighted by molar-refractivity contribution is -0.384. The molecule has 1 aromatic rings. The zero-order chi connectivity index (χ0) is 15.7. The summed E-state index contributed by atoms with van der Waals surface area (Å²) in [5, 5.41) is 20.8. The van der Waals surface area contributed by atoms with Crippen LogP contribution >= 0.6 is 0 Å². The zero-order valence-electron chi connectivity index (χ0n) is 13.0. The smallest absolute Gasteiger partial charge is 0.292 e. The van der Waals surface area contributed by atoms with Gasteiger partial charge < -0.3 is 10.0 Å². The fourth-order valence-electron chi connectivity index (χ4n) is 2.03. The predicted molar refractivity (Wildman–Crippen MR) is 81.1 cm³/mol. The third-order valence-corrected chi connectivity index (χ3v) is 3.89. The molecule has 5 heteroatoms. The molecule has 0 fully saturated rings. The summed E-state index contributed by atoms with van der Waals surface area (Å²) < 4.78 is 0. The van der Waals surface area contributed by atoms with E-state index in [1.807, 2.05) is 18.9 Å². The van der Waals surface area contributed by atoms with Gasteiger partial charge in [0, 0.05) is 19.2 Å². The molecule has 1 rings (SSSR count). The fraction of sp³-hybridized carbons (Fsp3) is 0.600. The molecule has 1 N–H and O–H groups in total. The largest absolute Gasteiger partial charge is 0.389 e. The lowest BCUT2D eigenvalue weighted by atomic mass is 9.87. The molecular formula is C15H24N2O3. The van der Waals surface area contributed by atoms with Crippen molar-refractivity contribution in [3.05, 3.63) is 33.9 Å². The van der Waals surface area contributed by atoms with Crippen molar-refractivity contribution in [2.24, 2.45) is 5.41 Å². The molecule has 1 aromatic carbocycles. The first-order chi connectivity index (χ1) is 9.05. The molecule has 0 aliphatic heterocycles. The van der Waals surface area contributed by atoms with Gasteiger partial charge in [-0.25, -0.2) is 0 Å². The summed E-state index contributed by atoms with van der Waals surface area (Å²) in [6.07, 6.45) is -0.715. The number of rotatable bonds is 4. The number of nitro benzene ring substituents is 1. The maximum Gasteiger partial charge on any atom is 0.292 e. The Labute approximate surface area is 120 Å². The minimum absolute atomic E-state index is 0.00552. The van der Waals surface area contributed by atoms with Crippen LogP contribution < -0.4 is 4.90 Å². The van der Waals surface area contributed by atoms with Crippen molar-refractivity contribution in [3.8, 4) is 0 Å². The van der Waals surface area contributed by atoms with Crippen molar-refractivity contribution in [2.75, 3.05) is 11.9 Å². The molecule has 0 bridgehead atoms. The average Bonchev–Trinajstić information content (AvgIpc) is 2.34. The van der Waals surface area contributed by atoms with E-state index in [0.717, 1.165) is 0 Å². The van der Waals surface area contributed by atoms with E-state index < -0.39 is 11.0 Å². The van der Waals surface area contributed by atoms with Gasteiger partial charge in [0.15, 0.2) is 0 Å². The van der Waals surface area contributed by atoms with Gasteiger partial charge in [-0.1, -0.05) is 26.8 Å². The Balaban J connectivity index is 3.27. The number of benzene rings is 1. The van der Waals surface area contributed by atoms with E-state index in [0.29, 0.717) is 11.3 Å². The molecule has 1 unspecified atom stereocenters. The van der Waals surface area contributed by atoms with Crippen LogP contribution in [0.5, 0.6) is 0 Å². The molecule has 0 radical (unpaired) electrons. The molecule has 112 valence electrons. The second-order valence-electron chi connectivity index (χ2n) is 6.33. The number of nitro groups is 1. The normalized spacial score (nSPS) is 14.8. The van der Waals surface area contributed by atoms with Crippen LogP contribution in [0.15, 0.2) is 18.2 Å². The molecule has 5 nitrogen and oxygen atoms in total.